The quantitative estimate of drug-likeness (QED) is 0.307. The largest absolute Gasteiger partial charge is 0.486 e. The number of para-hydroxylation sites is 1. The number of carboxylic acids is 1. The number of amides is 1. The van der Waals surface area contributed by atoms with Crippen molar-refractivity contribution >= 4 is 17.6 Å². The van der Waals surface area contributed by atoms with Crippen LogP contribution in [-0.4, -0.2) is 37.1 Å². The maximum atomic E-state index is 13.8. The normalized spacial score (nSPS) is 10.8. The second-order valence-electron chi connectivity index (χ2n) is 7.65. The van der Waals surface area contributed by atoms with Crippen molar-refractivity contribution in [3.05, 3.63) is 78.0 Å². The molecular formula is C24H22FN5O5. The number of carbonyl (C=O) groups is 2. The van der Waals surface area contributed by atoms with Gasteiger partial charge in [0.25, 0.3) is 0 Å². The molecule has 4 rings (SSSR count). The molecule has 0 saturated heterocycles. The number of unbranched alkanes of at least 4 members (excludes halogenated alkanes) is 1. The standard InChI is InChI=1S/C24H22FN5O5/c25-16-9-10-21(19(12-16)22-13-20(24(32)33)28-35-22)34-15-18-14-30(29-27-18)11-5-4-8-23(31)26-17-6-2-1-3-7-17/h1-3,6-7,9-10,12-14H,4-5,8,11,15H2,(H,26,31)(H,32,33). The first-order valence-corrected chi connectivity index (χ1v) is 10.8. The molecule has 10 nitrogen and oxygen atoms in total. The minimum absolute atomic E-state index is 0.0405. The van der Waals surface area contributed by atoms with Gasteiger partial charge in [-0.2, -0.15) is 0 Å². The van der Waals surface area contributed by atoms with Crippen LogP contribution in [0.5, 0.6) is 5.75 Å². The Balaban J connectivity index is 1.27. The third-order valence-electron chi connectivity index (χ3n) is 5.00. The molecule has 0 aliphatic heterocycles. The molecule has 11 heteroatoms. The number of aryl methyl sites for hydroxylation is 1. The van der Waals surface area contributed by atoms with E-state index in [1.807, 2.05) is 30.3 Å². The van der Waals surface area contributed by atoms with Crippen LogP contribution in [0.4, 0.5) is 10.1 Å². The molecule has 2 aromatic heterocycles. The Hall–Kier alpha value is -4.54. The minimum atomic E-state index is -1.26. The number of hydrogen-bond acceptors (Lipinski definition) is 7. The zero-order valence-corrected chi connectivity index (χ0v) is 18.6. The number of aromatic nitrogens is 4. The minimum Gasteiger partial charge on any atom is -0.486 e. The summed E-state index contributed by atoms with van der Waals surface area (Å²) in [7, 11) is 0. The van der Waals surface area contributed by atoms with Crippen molar-refractivity contribution < 1.29 is 28.3 Å². The predicted octanol–water partition coefficient (Wildman–Crippen LogP) is 4.16. The van der Waals surface area contributed by atoms with Gasteiger partial charge in [0, 0.05) is 24.7 Å². The summed E-state index contributed by atoms with van der Waals surface area (Å²) >= 11 is 0. The monoisotopic (exact) mass is 479 g/mol. The SMILES string of the molecule is O=C(CCCCn1cc(COc2ccc(F)cc2-c2cc(C(=O)O)no2)nn1)Nc1ccccc1. The first kappa shape index (κ1) is 23.6. The van der Waals surface area contributed by atoms with E-state index >= 15 is 0 Å². The molecule has 0 aliphatic carbocycles. The zero-order valence-electron chi connectivity index (χ0n) is 18.6. The molecule has 4 aromatic rings. The number of benzene rings is 2. The summed E-state index contributed by atoms with van der Waals surface area (Å²) in [5.41, 5.74) is 1.25. The van der Waals surface area contributed by atoms with Crippen molar-refractivity contribution in [2.75, 3.05) is 5.32 Å². The predicted molar refractivity (Wildman–Crippen MR) is 122 cm³/mol. The topological polar surface area (TPSA) is 132 Å². The second-order valence-corrected chi connectivity index (χ2v) is 7.65. The highest BCUT2D eigenvalue weighted by atomic mass is 19.1. The molecule has 0 radical (unpaired) electrons. The molecule has 0 aliphatic rings. The molecule has 0 unspecified atom stereocenters. The van der Waals surface area contributed by atoms with Crippen molar-refractivity contribution in [1.29, 1.82) is 0 Å². The summed E-state index contributed by atoms with van der Waals surface area (Å²) in [6.07, 6.45) is 3.56. The maximum Gasteiger partial charge on any atom is 0.358 e. The molecular weight excluding hydrogens is 457 g/mol. The highest BCUT2D eigenvalue weighted by Crippen LogP contribution is 2.32. The summed E-state index contributed by atoms with van der Waals surface area (Å²) in [4.78, 5) is 23.1. The van der Waals surface area contributed by atoms with Crippen molar-refractivity contribution in [1.82, 2.24) is 20.2 Å². The number of halogens is 1. The Morgan fingerprint density at radius 1 is 1.11 bits per heavy atom. The number of anilines is 1. The number of aromatic carboxylic acids is 1. The van der Waals surface area contributed by atoms with Crippen molar-refractivity contribution in [2.24, 2.45) is 0 Å². The lowest BCUT2D eigenvalue weighted by Gasteiger charge is -2.08. The van der Waals surface area contributed by atoms with E-state index in [0.717, 1.165) is 12.1 Å². The molecule has 2 heterocycles. The molecule has 180 valence electrons. The van der Waals surface area contributed by atoms with Gasteiger partial charge in [0.1, 0.15) is 23.9 Å². The summed E-state index contributed by atoms with van der Waals surface area (Å²) in [5, 5.41) is 23.5. The molecule has 2 N–H and O–H groups in total. The summed E-state index contributed by atoms with van der Waals surface area (Å²) in [5.74, 6) is -1.49. The van der Waals surface area contributed by atoms with Crippen LogP contribution in [0.15, 0.2) is 65.3 Å². The van der Waals surface area contributed by atoms with Crippen LogP contribution in [0, 0.1) is 5.82 Å². The van der Waals surface area contributed by atoms with Crippen LogP contribution in [0.1, 0.15) is 35.4 Å². The lowest BCUT2D eigenvalue weighted by molar-refractivity contribution is -0.116. The first-order chi connectivity index (χ1) is 17.0. The summed E-state index contributed by atoms with van der Waals surface area (Å²) in [6.45, 7) is 0.640. The van der Waals surface area contributed by atoms with Crippen LogP contribution in [0.3, 0.4) is 0 Å². The number of ether oxygens (including phenoxy) is 1. The second kappa shape index (κ2) is 11.1. The Morgan fingerprint density at radius 3 is 2.71 bits per heavy atom. The summed E-state index contributed by atoms with van der Waals surface area (Å²) in [6, 6.07) is 14.3. The Labute approximate surface area is 199 Å². The van der Waals surface area contributed by atoms with Gasteiger partial charge in [-0.25, -0.2) is 9.18 Å². The number of carbonyl (C=O) groups excluding carboxylic acids is 1. The zero-order chi connectivity index (χ0) is 24.6. The van der Waals surface area contributed by atoms with E-state index in [2.05, 4.69) is 20.8 Å². The van der Waals surface area contributed by atoms with Crippen molar-refractivity contribution in [3.63, 3.8) is 0 Å². The fraction of sp³-hybridized carbons (Fsp3) is 0.208. The number of nitrogens with zero attached hydrogens (tertiary/aromatic N) is 4. The molecule has 0 spiro atoms. The Morgan fingerprint density at radius 2 is 1.94 bits per heavy atom. The first-order valence-electron chi connectivity index (χ1n) is 10.8. The smallest absolute Gasteiger partial charge is 0.358 e. The Kier molecular flexibility index (Phi) is 7.46. The maximum absolute atomic E-state index is 13.8. The molecule has 1 amide bonds. The van der Waals surface area contributed by atoms with Gasteiger partial charge in [-0.15, -0.1) is 5.10 Å². The van der Waals surface area contributed by atoms with E-state index in [1.165, 1.54) is 24.3 Å². The fourth-order valence-corrected chi connectivity index (χ4v) is 3.29. The van der Waals surface area contributed by atoms with E-state index in [-0.39, 0.29) is 35.3 Å². The highest BCUT2D eigenvalue weighted by molar-refractivity contribution is 5.90. The van der Waals surface area contributed by atoms with Crippen molar-refractivity contribution in [2.45, 2.75) is 32.4 Å². The van der Waals surface area contributed by atoms with Gasteiger partial charge in [0.15, 0.2) is 11.5 Å². The van der Waals surface area contributed by atoms with E-state index in [1.54, 1.807) is 10.9 Å². The van der Waals surface area contributed by atoms with Gasteiger partial charge < -0.3 is 19.7 Å². The molecule has 0 atom stereocenters. The molecule has 0 fully saturated rings. The van der Waals surface area contributed by atoms with E-state index in [0.29, 0.717) is 25.1 Å². The van der Waals surface area contributed by atoms with Gasteiger partial charge in [-0.3, -0.25) is 9.48 Å². The molecule has 0 saturated carbocycles. The summed E-state index contributed by atoms with van der Waals surface area (Å²) < 4.78 is 26.2. The van der Waals surface area contributed by atoms with Gasteiger partial charge in [-0.1, -0.05) is 28.6 Å². The fourth-order valence-electron chi connectivity index (χ4n) is 3.29. The lowest BCUT2D eigenvalue weighted by Crippen LogP contribution is -2.11. The number of nitrogens with one attached hydrogen (secondary N) is 1. The van der Waals surface area contributed by atoms with E-state index in [4.69, 9.17) is 14.4 Å². The molecule has 35 heavy (non-hydrogen) atoms. The average molecular weight is 479 g/mol. The van der Waals surface area contributed by atoms with Gasteiger partial charge in [-0.05, 0) is 43.2 Å². The van der Waals surface area contributed by atoms with Crippen LogP contribution in [0.2, 0.25) is 0 Å². The molecule has 2 aromatic carbocycles. The lowest BCUT2D eigenvalue weighted by atomic mass is 10.1. The van der Waals surface area contributed by atoms with Gasteiger partial charge in [0.05, 0.1) is 11.8 Å². The van der Waals surface area contributed by atoms with Gasteiger partial charge in [0.2, 0.25) is 5.91 Å². The van der Waals surface area contributed by atoms with Gasteiger partial charge >= 0.3 is 5.97 Å². The van der Waals surface area contributed by atoms with Crippen molar-refractivity contribution in [3.8, 4) is 17.1 Å². The van der Waals surface area contributed by atoms with Crippen LogP contribution < -0.4 is 10.1 Å². The number of carboxylic acid groups (broad SMARTS) is 1. The third-order valence-corrected chi connectivity index (χ3v) is 5.00. The van der Waals surface area contributed by atoms with Crippen LogP contribution in [0.25, 0.3) is 11.3 Å². The van der Waals surface area contributed by atoms with Crippen LogP contribution in [-0.2, 0) is 17.9 Å². The average Bonchev–Trinajstić information content (AvgIpc) is 3.52. The number of hydrogen-bond donors (Lipinski definition) is 2. The van der Waals surface area contributed by atoms with E-state index in [9.17, 15) is 14.0 Å². The van der Waals surface area contributed by atoms with Crippen LogP contribution >= 0.6 is 0 Å². The highest BCUT2D eigenvalue weighted by Gasteiger charge is 2.17. The Bertz CT molecular complexity index is 1300. The molecule has 0 bridgehead atoms. The van der Waals surface area contributed by atoms with E-state index < -0.39 is 11.8 Å². The third kappa shape index (κ3) is 6.50. The number of rotatable bonds is 11.